The summed E-state index contributed by atoms with van der Waals surface area (Å²) in [7, 11) is 1.81. The van der Waals surface area contributed by atoms with Crippen LogP contribution >= 0.6 is 0 Å². The lowest BCUT2D eigenvalue weighted by atomic mass is 10.2. The van der Waals surface area contributed by atoms with Crippen molar-refractivity contribution in [3.05, 3.63) is 48.2 Å². The van der Waals surface area contributed by atoms with Crippen molar-refractivity contribution in [2.24, 2.45) is 0 Å². The molecule has 176 valence electrons. The van der Waals surface area contributed by atoms with Crippen molar-refractivity contribution in [2.45, 2.75) is 70.0 Å². The Morgan fingerprint density at radius 3 is 2.36 bits per heavy atom. The van der Waals surface area contributed by atoms with Gasteiger partial charge in [-0.25, -0.2) is 4.98 Å². The highest BCUT2D eigenvalue weighted by atomic mass is 16.5. The van der Waals surface area contributed by atoms with E-state index < -0.39 is 0 Å². The van der Waals surface area contributed by atoms with Crippen LogP contribution in [0.25, 0.3) is 0 Å². The molecule has 0 spiro atoms. The maximum atomic E-state index is 13.0. The Kier molecular flexibility index (Phi) is 6.54. The van der Waals surface area contributed by atoms with E-state index in [0.29, 0.717) is 18.2 Å². The van der Waals surface area contributed by atoms with Gasteiger partial charge < -0.3 is 14.5 Å². The van der Waals surface area contributed by atoms with E-state index in [-0.39, 0.29) is 5.91 Å². The fourth-order valence-electron chi connectivity index (χ4n) is 4.94. The van der Waals surface area contributed by atoms with Crippen molar-refractivity contribution in [2.75, 3.05) is 36.5 Å². The maximum Gasteiger partial charge on any atom is 0.258 e. The fourth-order valence-corrected chi connectivity index (χ4v) is 4.94. The number of carbonyl (C=O) groups excluding carboxylic acids is 1. The number of hydrogen-bond acceptors (Lipinski definition) is 5. The molecule has 1 unspecified atom stereocenters. The minimum Gasteiger partial charge on any atom is -0.494 e. The van der Waals surface area contributed by atoms with Gasteiger partial charge in [0.05, 0.1) is 18.5 Å². The Bertz CT molecular complexity index is 926. The summed E-state index contributed by atoms with van der Waals surface area (Å²) < 4.78 is 5.70. The average molecular weight is 449 g/mol. The second kappa shape index (κ2) is 9.72. The van der Waals surface area contributed by atoms with Crippen LogP contribution in [0.15, 0.2) is 42.6 Å². The zero-order valence-electron chi connectivity index (χ0n) is 19.9. The van der Waals surface area contributed by atoms with E-state index >= 15 is 0 Å². The third kappa shape index (κ3) is 5.16. The van der Waals surface area contributed by atoms with Gasteiger partial charge in [-0.15, -0.1) is 0 Å². The number of unbranched alkanes of at least 4 members (excludes halogenated alkanes) is 1. The lowest BCUT2D eigenvalue weighted by Crippen LogP contribution is -2.40. The maximum absolute atomic E-state index is 13.0. The molecular formula is C27H36N4O2. The summed E-state index contributed by atoms with van der Waals surface area (Å²) in [5, 5.41) is 0. The van der Waals surface area contributed by atoms with Crippen molar-refractivity contribution >= 4 is 17.4 Å². The Morgan fingerprint density at radius 1 is 1.03 bits per heavy atom. The molecule has 1 aromatic carbocycles. The first-order valence-corrected chi connectivity index (χ1v) is 12.6. The number of benzene rings is 1. The third-order valence-corrected chi connectivity index (χ3v) is 7.14. The lowest BCUT2D eigenvalue weighted by Gasteiger charge is -2.29. The Balaban J connectivity index is 1.18. The first-order valence-electron chi connectivity index (χ1n) is 12.6. The number of amides is 1. The van der Waals surface area contributed by atoms with Crippen molar-refractivity contribution in [3.8, 4) is 5.75 Å². The molecule has 1 amide bonds. The third-order valence-electron chi connectivity index (χ3n) is 7.14. The molecular weight excluding hydrogens is 412 g/mol. The Hall–Kier alpha value is -2.60. The molecule has 33 heavy (non-hydrogen) atoms. The van der Waals surface area contributed by atoms with Crippen LogP contribution in [0.2, 0.25) is 0 Å². The van der Waals surface area contributed by atoms with Crippen molar-refractivity contribution in [1.82, 2.24) is 9.88 Å². The highest BCUT2D eigenvalue weighted by molar-refractivity contribution is 6.05. The number of hydrogen-bond donors (Lipinski definition) is 0. The Morgan fingerprint density at radius 2 is 1.76 bits per heavy atom. The molecule has 2 aliphatic carbocycles. The van der Waals surface area contributed by atoms with E-state index in [2.05, 4.69) is 22.8 Å². The van der Waals surface area contributed by atoms with Gasteiger partial charge in [-0.05, 0) is 74.9 Å². The number of aromatic nitrogens is 1. The van der Waals surface area contributed by atoms with E-state index in [1.807, 2.05) is 36.5 Å². The largest absolute Gasteiger partial charge is 0.494 e. The minimum absolute atomic E-state index is 0.0459. The van der Waals surface area contributed by atoms with E-state index in [4.69, 9.17) is 9.72 Å². The molecule has 0 radical (unpaired) electrons. The summed E-state index contributed by atoms with van der Waals surface area (Å²) in [4.78, 5) is 24.6. The van der Waals surface area contributed by atoms with Crippen LogP contribution in [0.4, 0.5) is 11.5 Å². The topological polar surface area (TPSA) is 48.9 Å². The number of ether oxygens (including phenoxy) is 1. The van der Waals surface area contributed by atoms with Crippen molar-refractivity contribution < 1.29 is 9.53 Å². The lowest BCUT2D eigenvalue weighted by molar-refractivity contribution is 0.0993. The van der Waals surface area contributed by atoms with Crippen LogP contribution in [0, 0.1) is 0 Å². The summed E-state index contributed by atoms with van der Waals surface area (Å²) in [5.41, 5.74) is 1.45. The normalized spacial score (nSPS) is 20.3. The molecule has 1 aliphatic heterocycles. The van der Waals surface area contributed by atoms with Crippen LogP contribution < -0.4 is 14.5 Å². The number of anilines is 2. The van der Waals surface area contributed by atoms with Crippen molar-refractivity contribution in [1.29, 1.82) is 0 Å². The van der Waals surface area contributed by atoms with Gasteiger partial charge in [0.2, 0.25) is 0 Å². The van der Waals surface area contributed by atoms with Gasteiger partial charge in [0.15, 0.2) is 0 Å². The highest BCUT2D eigenvalue weighted by Crippen LogP contribution is 2.41. The smallest absolute Gasteiger partial charge is 0.258 e. The molecule has 3 fully saturated rings. The second-order valence-electron chi connectivity index (χ2n) is 9.76. The molecule has 3 aliphatic rings. The molecule has 1 aromatic heterocycles. The first kappa shape index (κ1) is 22.2. The molecule has 6 nitrogen and oxygen atoms in total. The Labute approximate surface area is 197 Å². The van der Waals surface area contributed by atoms with Crippen LogP contribution in [-0.4, -0.2) is 60.7 Å². The quantitative estimate of drug-likeness (QED) is 0.491. The highest BCUT2D eigenvalue weighted by Gasteiger charge is 2.44. The van der Waals surface area contributed by atoms with Gasteiger partial charge in [0.25, 0.3) is 5.91 Å². The predicted molar refractivity (Wildman–Crippen MR) is 132 cm³/mol. The summed E-state index contributed by atoms with van der Waals surface area (Å²) in [6, 6.07) is 13.8. The number of rotatable bonds is 10. The molecule has 2 heterocycles. The summed E-state index contributed by atoms with van der Waals surface area (Å²) in [6.45, 7) is 4.98. The molecule has 1 saturated heterocycles. The number of pyridine rings is 1. The molecule has 2 saturated carbocycles. The molecule has 1 atom stereocenters. The molecule has 5 rings (SSSR count). The van der Waals surface area contributed by atoms with Gasteiger partial charge in [-0.3, -0.25) is 9.69 Å². The summed E-state index contributed by atoms with van der Waals surface area (Å²) >= 11 is 0. The second-order valence-corrected chi connectivity index (χ2v) is 9.76. The van der Waals surface area contributed by atoms with E-state index in [1.54, 1.807) is 11.9 Å². The molecule has 6 heteroatoms. The standard InChI is InChI=1S/C27H36N4O2/c1-3-4-17-33-25-12-5-20(6-13-25)27(32)29(2)23-11-14-26(28-18-23)30-16-15-24(19-30)31(21-7-8-21)22-9-10-22/h5-6,11-14,18,21-22,24H,3-4,7-10,15-17,19H2,1-2H3. The number of carbonyl (C=O) groups is 1. The molecule has 0 N–H and O–H groups in total. The van der Waals surface area contributed by atoms with Crippen LogP contribution in [0.1, 0.15) is 62.2 Å². The van der Waals surface area contributed by atoms with Gasteiger partial charge in [0, 0.05) is 43.8 Å². The molecule has 2 aromatic rings. The summed E-state index contributed by atoms with van der Waals surface area (Å²) in [5.74, 6) is 1.78. The number of nitrogens with zero attached hydrogens (tertiary/aromatic N) is 4. The van der Waals surface area contributed by atoms with Crippen LogP contribution in [0.5, 0.6) is 5.75 Å². The van der Waals surface area contributed by atoms with Gasteiger partial charge in [0.1, 0.15) is 11.6 Å². The summed E-state index contributed by atoms with van der Waals surface area (Å²) in [6.07, 6.45) is 10.7. The van der Waals surface area contributed by atoms with E-state index in [0.717, 1.165) is 55.3 Å². The van der Waals surface area contributed by atoms with Crippen molar-refractivity contribution in [3.63, 3.8) is 0 Å². The van der Waals surface area contributed by atoms with Gasteiger partial charge in [-0.1, -0.05) is 13.3 Å². The average Bonchev–Trinajstić information content (AvgIpc) is 3.79. The minimum atomic E-state index is -0.0459. The van der Waals surface area contributed by atoms with Crippen LogP contribution in [0.3, 0.4) is 0 Å². The zero-order chi connectivity index (χ0) is 22.8. The first-order chi connectivity index (χ1) is 16.1. The van der Waals surface area contributed by atoms with E-state index in [9.17, 15) is 4.79 Å². The van der Waals surface area contributed by atoms with Gasteiger partial charge in [-0.2, -0.15) is 0 Å². The SMILES string of the molecule is CCCCOc1ccc(C(=O)N(C)c2ccc(N3CCC(N(C4CC4)C4CC4)C3)nc2)cc1. The predicted octanol–water partition coefficient (Wildman–Crippen LogP) is 4.74. The monoisotopic (exact) mass is 448 g/mol. The fraction of sp³-hybridized carbons (Fsp3) is 0.556. The van der Waals surface area contributed by atoms with Gasteiger partial charge >= 0.3 is 0 Å². The van der Waals surface area contributed by atoms with E-state index in [1.165, 1.54) is 32.1 Å². The zero-order valence-corrected chi connectivity index (χ0v) is 19.9. The molecule has 0 bridgehead atoms. The van der Waals surface area contributed by atoms with Crippen LogP contribution in [-0.2, 0) is 0 Å².